The van der Waals surface area contributed by atoms with Crippen LogP contribution in [0.1, 0.15) is 20.3 Å². The molecule has 0 amide bonds. The number of hydrogen-bond donors (Lipinski definition) is 2. The van der Waals surface area contributed by atoms with Crippen LogP contribution in [0, 0.1) is 0 Å². The highest BCUT2D eigenvalue weighted by Crippen LogP contribution is 2.36. The molecule has 2 atom stereocenters. The fraction of sp³-hybridized carbons (Fsp3) is 0.636. The lowest BCUT2D eigenvalue weighted by molar-refractivity contribution is -0.132. The molecule has 2 rings (SSSR count). The van der Waals surface area contributed by atoms with Gasteiger partial charge in [0.05, 0.1) is 6.10 Å². The molecule has 4 heteroatoms. The first-order valence-corrected chi connectivity index (χ1v) is 5.18. The summed E-state index contributed by atoms with van der Waals surface area (Å²) in [6, 6.07) is 0. The average molecular weight is 211 g/mol. The van der Waals surface area contributed by atoms with E-state index in [1.165, 1.54) is 0 Å². The smallest absolute Gasteiger partial charge is 0.205 e. The Balaban J connectivity index is 2.15. The zero-order valence-corrected chi connectivity index (χ0v) is 9.06. The molecule has 15 heavy (non-hydrogen) atoms. The second-order valence-electron chi connectivity index (χ2n) is 4.35. The fourth-order valence-corrected chi connectivity index (χ4v) is 1.90. The van der Waals surface area contributed by atoms with Gasteiger partial charge in [0, 0.05) is 20.4 Å². The molecule has 1 unspecified atom stereocenters. The van der Waals surface area contributed by atoms with Gasteiger partial charge in [-0.15, -0.1) is 0 Å². The molecular formula is C11H17NO3. The van der Waals surface area contributed by atoms with Crippen molar-refractivity contribution in [1.29, 1.82) is 0 Å². The molecule has 1 aliphatic heterocycles. The van der Waals surface area contributed by atoms with Gasteiger partial charge in [-0.1, -0.05) is 6.08 Å². The Hall–Kier alpha value is -0.840. The van der Waals surface area contributed by atoms with Crippen molar-refractivity contribution in [3.05, 3.63) is 23.5 Å². The molecule has 0 bridgehead atoms. The van der Waals surface area contributed by atoms with Gasteiger partial charge in [-0.05, 0) is 18.1 Å². The lowest BCUT2D eigenvalue weighted by atomic mass is 9.99. The average Bonchev–Trinajstić information content (AvgIpc) is 2.49. The van der Waals surface area contributed by atoms with E-state index in [0.29, 0.717) is 0 Å². The maximum atomic E-state index is 9.60. The Kier molecular flexibility index (Phi) is 2.58. The third-order valence-electron chi connectivity index (χ3n) is 2.59. The predicted molar refractivity (Wildman–Crippen MR) is 55.9 cm³/mol. The van der Waals surface area contributed by atoms with Crippen molar-refractivity contribution >= 4 is 0 Å². The standard InChI is InChI=1S/C11H17NO3/c1-11(2)14-9-4-3-7(8(13)6-12)5-10(9)15-11/h3,5,8-9,13H,4,6,12H2,1-2H3/t8-,9?/m0/s1. The molecule has 0 radical (unpaired) electrons. The maximum absolute atomic E-state index is 9.60. The number of aliphatic hydroxyl groups excluding tert-OH is 1. The molecule has 1 aliphatic carbocycles. The zero-order valence-electron chi connectivity index (χ0n) is 9.06. The number of rotatable bonds is 2. The molecule has 0 aromatic carbocycles. The molecule has 1 saturated heterocycles. The summed E-state index contributed by atoms with van der Waals surface area (Å²) in [6.45, 7) is 3.99. The van der Waals surface area contributed by atoms with Crippen LogP contribution >= 0.6 is 0 Å². The maximum Gasteiger partial charge on any atom is 0.205 e. The Morgan fingerprint density at radius 2 is 2.40 bits per heavy atom. The molecule has 0 spiro atoms. The van der Waals surface area contributed by atoms with Gasteiger partial charge < -0.3 is 20.3 Å². The van der Waals surface area contributed by atoms with Crippen LogP contribution in [-0.2, 0) is 9.47 Å². The van der Waals surface area contributed by atoms with Crippen LogP contribution in [0.5, 0.6) is 0 Å². The summed E-state index contributed by atoms with van der Waals surface area (Å²) in [7, 11) is 0. The third kappa shape index (κ3) is 2.07. The zero-order chi connectivity index (χ0) is 11.1. The van der Waals surface area contributed by atoms with Crippen molar-refractivity contribution in [2.45, 2.75) is 38.3 Å². The summed E-state index contributed by atoms with van der Waals surface area (Å²) in [5.41, 5.74) is 6.23. The van der Waals surface area contributed by atoms with Crippen molar-refractivity contribution in [2.24, 2.45) is 5.73 Å². The molecule has 1 heterocycles. The third-order valence-corrected chi connectivity index (χ3v) is 2.59. The summed E-state index contributed by atoms with van der Waals surface area (Å²) in [5.74, 6) is 0.234. The number of hydrogen-bond acceptors (Lipinski definition) is 4. The predicted octanol–water partition coefficient (Wildman–Crippen LogP) is 0.672. The van der Waals surface area contributed by atoms with E-state index in [0.717, 1.165) is 17.8 Å². The van der Waals surface area contributed by atoms with Gasteiger partial charge in [-0.3, -0.25) is 0 Å². The number of fused-ring (bicyclic) bond motifs is 1. The fourth-order valence-electron chi connectivity index (χ4n) is 1.90. The summed E-state index contributed by atoms with van der Waals surface area (Å²) in [6.07, 6.45) is 3.91. The molecule has 3 N–H and O–H groups in total. The van der Waals surface area contributed by atoms with Crippen LogP contribution in [0.3, 0.4) is 0 Å². The monoisotopic (exact) mass is 211 g/mol. The quantitative estimate of drug-likeness (QED) is 0.704. The van der Waals surface area contributed by atoms with Gasteiger partial charge in [0.25, 0.3) is 0 Å². The van der Waals surface area contributed by atoms with Crippen LogP contribution < -0.4 is 5.73 Å². The summed E-state index contributed by atoms with van der Waals surface area (Å²) < 4.78 is 11.3. The first-order chi connectivity index (χ1) is 7.02. The Bertz CT molecular complexity index is 320. The first kappa shape index (κ1) is 10.7. The van der Waals surface area contributed by atoms with Crippen LogP contribution in [0.15, 0.2) is 23.5 Å². The first-order valence-electron chi connectivity index (χ1n) is 5.18. The molecule has 0 aromatic heterocycles. The van der Waals surface area contributed by atoms with Crippen molar-refractivity contribution in [3.63, 3.8) is 0 Å². The highest BCUT2D eigenvalue weighted by atomic mass is 16.7. The van der Waals surface area contributed by atoms with Gasteiger partial charge >= 0.3 is 0 Å². The van der Waals surface area contributed by atoms with E-state index in [1.54, 1.807) is 0 Å². The van der Waals surface area contributed by atoms with E-state index in [9.17, 15) is 5.11 Å². The van der Waals surface area contributed by atoms with Crippen molar-refractivity contribution in [1.82, 2.24) is 0 Å². The van der Waals surface area contributed by atoms with Gasteiger partial charge in [-0.25, -0.2) is 0 Å². The summed E-state index contributed by atoms with van der Waals surface area (Å²) >= 11 is 0. The minimum absolute atomic E-state index is 0.00581. The number of aliphatic hydroxyl groups is 1. The van der Waals surface area contributed by atoms with Crippen LogP contribution in [0.4, 0.5) is 0 Å². The second kappa shape index (κ2) is 3.63. The molecule has 4 nitrogen and oxygen atoms in total. The second-order valence-corrected chi connectivity index (χ2v) is 4.35. The van der Waals surface area contributed by atoms with E-state index in [4.69, 9.17) is 15.2 Å². The lowest BCUT2D eigenvalue weighted by Gasteiger charge is -2.16. The number of ether oxygens (including phenoxy) is 2. The van der Waals surface area contributed by atoms with Gasteiger partial charge in [0.2, 0.25) is 5.79 Å². The van der Waals surface area contributed by atoms with Gasteiger partial charge in [-0.2, -0.15) is 0 Å². The van der Waals surface area contributed by atoms with Crippen molar-refractivity contribution < 1.29 is 14.6 Å². The van der Waals surface area contributed by atoms with E-state index < -0.39 is 11.9 Å². The largest absolute Gasteiger partial charge is 0.465 e. The molecule has 84 valence electrons. The molecule has 1 fully saturated rings. The van der Waals surface area contributed by atoms with E-state index >= 15 is 0 Å². The summed E-state index contributed by atoms with van der Waals surface area (Å²) in [5, 5.41) is 9.60. The minimum Gasteiger partial charge on any atom is -0.465 e. The highest BCUT2D eigenvalue weighted by molar-refractivity contribution is 5.32. The number of nitrogens with two attached hydrogens (primary N) is 1. The normalized spacial score (nSPS) is 30.0. The van der Waals surface area contributed by atoms with Crippen LogP contribution in [0.2, 0.25) is 0 Å². The van der Waals surface area contributed by atoms with Crippen molar-refractivity contribution in [2.75, 3.05) is 6.54 Å². The molecule has 0 aromatic rings. The van der Waals surface area contributed by atoms with E-state index in [-0.39, 0.29) is 12.6 Å². The highest BCUT2D eigenvalue weighted by Gasteiger charge is 2.38. The van der Waals surface area contributed by atoms with Crippen LogP contribution in [-0.4, -0.2) is 29.6 Å². The van der Waals surface area contributed by atoms with Gasteiger partial charge in [0.1, 0.15) is 11.9 Å². The molecule has 0 saturated carbocycles. The Morgan fingerprint density at radius 3 is 3.07 bits per heavy atom. The van der Waals surface area contributed by atoms with E-state index in [2.05, 4.69) is 0 Å². The molecule has 2 aliphatic rings. The van der Waals surface area contributed by atoms with Gasteiger partial charge in [0.15, 0.2) is 0 Å². The van der Waals surface area contributed by atoms with Crippen molar-refractivity contribution in [3.8, 4) is 0 Å². The Labute approximate surface area is 89.4 Å². The van der Waals surface area contributed by atoms with Crippen LogP contribution in [0.25, 0.3) is 0 Å². The summed E-state index contributed by atoms with van der Waals surface area (Å²) in [4.78, 5) is 0. The minimum atomic E-state index is -0.606. The lowest BCUT2D eigenvalue weighted by Crippen LogP contribution is -2.24. The topological polar surface area (TPSA) is 64.7 Å². The molecular weight excluding hydrogens is 194 g/mol. The Morgan fingerprint density at radius 1 is 1.67 bits per heavy atom. The van der Waals surface area contributed by atoms with E-state index in [1.807, 2.05) is 26.0 Å². The SMILES string of the molecule is CC1(C)OC2=CC([C@@H](O)CN)=CCC2O1.